The zero-order valence-corrected chi connectivity index (χ0v) is 43.0. The Bertz CT molecular complexity index is 3000. The van der Waals surface area contributed by atoms with Crippen LogP contribution in [-0.2, 0) is 9.59 Å². The van der Waals surface area contributed by atoms with Crippen LogP contribution < -0.4 is 25.0 Å². The molecule has 3 amide bonds. The summed E-state index contributed by atoms with van der Waals surface area (Å²) in [6, 6.07) is 16.6. The van der Waals surface area contributed by atoms with Crippen molar-refractivity contribution >= 4 is 46.6 Å². The number of carbonyl (C=O) groups excluding carboxylic acids is 3. The van der Waals surface area contributed by atoms with Gasteiger partial charge in [-0.3, -0.25) is 19.1 Å². The van der Waals surface area contributed by atoms with E-state index in [1.54, 1.807) is 46.6 Å². The number of anilines is 1. The molecule has 4 atom stereocenters. The molecule has 6 aromatic rings. The SMILES string of the molecule is Cc1ncsc1-c1ccc(C(C)NC(=O)[C@@H]2C[C@@H](O)CN2C(=O)C(C(C)C)n2cc(-c3ccnc(OC4CN(c5ncc(C(=O)NC6C(C)(C)C(Oc7ccc(C#N)c(Cl)c7)C6(C)C)cn5)C4)c3)cn2)cc1. The Balaban J connectivity index is 0.776. The van der Waals surface area contributed by atoms with Gasteiger partial charge in [-0.15, -0.1) is 11.3 Å². The van der Waals surface area contributed by atoms with E-state index in [4.69, 9.17) is 21.1 Å². The lowest BCUT2D eigenvalue weighted by Gasteiger charge is -2.63. The number of amides is 3. The van der Waals surface area contributed by atoms with Crippen LogP contribution >= 0.6 is 22.9 Å². The maximum Gasteiger partial charge on any atom is 0.254 e. The number of nitrogens with one attached hydrogen (secondary N) is 2. The van der Waals surface area contributed by atoms with Crippen molar-refractivity contribution in [1.82, 2.24) is 45.2 Å². The molecule has 2 unspecified atom stereocenters. The highest BCUT2D eigenvalue weighted by atomic mass is 35.5. The van der Waals surface area contributed by atoms with E-state index in [2.05, 4.69) is 41.7 Å². The summed E-state index contributed by atoms with van der Waals surface area (Å²) in [7, 11) is 0. The molecule has 3 aliphatic rings. The van der Waals surface area contributed by atoms with E-state index in [1.807, 2.05) is 108 Å². The van der Waals surface area contributed by atoms with Crippen LogP contribution in [0.15, 0.2) is 91.1 Å². The molecule has 2 saturated heterocycles. The van der Waals surface area contributed by atoms with Gasteiger partial charge in [-0.25, -0.2) is 19.9 Å². The zero-order valence-electron chi connectivity index (χ0n) is 41.4. The van der Waals surface area contributed by atoms with E-state index in [9.17, 15) is 24.8 Å². The van der Waals surface area contributed by atoms with E-state index in [0.29, 0.717) is 46.8 Å². The van der Waals surface area contributed by atoms with Crippen molar-refractivity contribution in [1.29, 1.82) is 5.26 Å². The Kier molecular flexibility index (Phi) is 13.8. The fourth-order valence-electron chi connectivity index (χ4n) is 10.6. The van der Waals surface area contributed by atoms with Crippen molar-refractivity contribution in [2.45, 2.75) is 104 Å². The summed E-state index contributed by atoms with van der Waals surface area (Å²) in [6.45, 7) is 17.0. The number of benzene rings is 2. The molecule has 1 saturated carbocycles. The van der Waals surface area contributed by atoms with E-state index >= 15 is 0 Å². The third kappa shape index (κ3) is 9.85. The Labute approximate surface area is 427 Å². The zero-order chi connectivity index (χ0) is 51.2. The average Bonchev–Trinajstić information content (AvgIpc) is 4.11. The normalized spacial score (nSPS) is 21.0. The van der Waals surface area contributed by atoms with Crippen molar-refractivity contribution in [2.75, 3.05) is 24.5 Å². The monoisotopic (exact) mass is 1010 g/mol. The van der Waals surface area contributed by atoms with Crippen molar-refractivity contribution in [3.8, 4) is 39.3 Å². The molecule has 1 aliphatic carbocycles. The largest absolute Gasteiger partial charge is 0.489 e. The lowest BCUT2D eigenvalue weighted by molar-refractivity contribution is -0.164. The van der Waals surface area contributed by atoms with Crippen LogP contribution in [-0.4, -0.2) is 107 Å². The van der Waals surface area contributed by atoms with Gasteiger partial charge in [-0.1, -0.05) is 77.4 Å². The predicted molar refractivity (Wildman–Crippen MR) is 272 cm³/mol. The molecule has 2 aliphatic heterocycles. The molecule has 19 heteroatoms. The Morgan fingerprint density at radius 3 is 2.28 bits per heavy atom. The number of ether oxygens (including phenoxy) is 2. The van der Waals surface area contributed by atoms with E-state index in [-0.39, 0.29) is 60.9 Å². The lowest BCUT2D eigenvalue weighted by atomic mass is 9.49. The maximum absolute atomic E-state index is 14.4. The molecule has 4 aromatic heterocycles. The number of likely N-dealkylation sites (tertiary alicyclic amines) is 1. The highest BCUT2D eigenvalue weighted by Gasteiger charge is 2.64. The number of thiazole rings is 1. The van der Waals surface area contributed by atoms with Gasteiger partial charge in [0.05, 0.1) is 63.7 Å². The van der Waals surface area contributed by atoms with Crippen molar-refractivity contribution < 1.29 is 29.0 Å². The van der Waals surface area contributed by atoms with Gasteiger partial charge in [-0.05, 0) is 54.7 Å². The second kappa shape index (κ2) is 19.9. The van der Waals surface area contributed by atoms with Gasteiger partial charge in [0.1, 0.15) is 36.1 Å². The summed E-state index contributed by atoms with van der Waals surface area (Å²) in [5.74, 6) is 0.366. The van der Waals surface area contributed by atoms with E-state index < -0.39 is 29.0 Å². The van der Waals surface area contributed by atoms with Crippen LogP contribution in [0.1, 0.15) is 94.1 Å². The van der Waals surface area contributed by atoms with Crippen molar-refractivity contribution in [3.05, 3.63) is 118 Å². The number of hydrogen-bond acceptors (Lipinski definition) is 14. The summed E-state index contributed by atoms with van der Waals surface area (Å²) < 4.78 is 14.3. The number of hydrogen-bond donors (Lipinski definition) is 3. The number of nitriles is 1. The number of aliphatic hydroxyl groups excluding tert-OH is 1. The second-order valence-corrected chi connectivity index (χ2v) is 21.8. The van der Waals surface area contributed by atoms with Crippen LogP contribution in [0.3, 0.4) is 0 Å². The van der Waals surface area contributed by atoms with Crippen LogP contribution in [0.2, 0.25) is 5.02 Å². The molecule has 3 N–H and O–H groups in total. The highest BCUT2D eigenvalue weighted by molar-refractivity contribution is 7.13. The summed E-state index contributed by atoms with van der Waals surface area (Å²) in [6.07, 6.45) is 7.08. The van der Waals surface area contributed by atoms with Gasteiger partial charge in [-0.2, -0.15) is 10.4 Å². The van der Waals surface area contributed by atoms with Crippen molar-refractivity contribution in [3.63, 3.8) is 0 Å². The number of carbonyl (C=O) groups is 3. The number of pyridine rings is 1. The van der Waals surface area contributed by atoms with Crippen molar-refractivity contribution in [2.24, 2.45) is 16.7 Å². The minimum atomic E-state index is -0.844. The molecular formula is C53H58ClN11O6S. The van der Waals surface area contributed by atoms with Crippen LogP contribution in [0, 0.1) is 35.0 Å². The molecule has 0 bridgehead atoms. The highest BCUT2D eigenvalue weighted by Crippen LogP contribution is 2.55. The van der Waals surface area contributed by atoms with Crippen LogP contribution in [0.4, 0.5) is 5.95 Å². The number of aliphatic hydroxyl groups is 1. The molecule has 9 rings (SSSR count). The van der Waals surface area contributed by atoms with Gasteiger partial charge >= 0.3 is 0 Å². The van der Waals surface area contributed by atoms with E-state index in [0.717, 1.165) is 32.8 Å². The molecule has 72 heavy (non-hydrogen) atoms. The van der Waals surface area contributed by atoms with Gasteiger partial charge in [0.2, 0.25) is 23.6 Å². The summed E-state index contributed by atoms with van der Waals surface area (Å²) in [5, 5.41) is 31.2. The van der Waals surface area contributed by atoms with Gasteiger partial charge in [0, 0.05) is 72.3 Å². The number of β-amino-alcohol motifs (C(OH)–C–C–N with tert-alkyl or cyclic N) is 1. The first-order chi connectivity index (χ1) is 34.3. The van der Waals surface area contributed by atoms with Crippen LogP contribution in [0.5, 0.6) is 11.6 Å². The quantitative estimate of drug-likeness (QED) is 0.0905. The Morgan fingerprint density at radius 1 is 0.903 bits per heavy atom. The number of aryl methyl sites for hydroxylation is 1. The third-order valence-electron chi connectivity index (χ3n) is 14.2. The van der Waals surface area contributed by atoms with Gasteiger partial charge in [0.25, 0.3) is 5.91 Å². The van der Waals surface area contributed by atoms with Gasteiger partial charge < -0.3 is 35.0 Å². The average molecular weight is 1010 g/mol. The summed E-state index contributed by atoms with van der Waals surface area (Å²) >= 11 is 7.84. The fraction of sp³-hybridized carbons (Fsp3) is 0.415. The summed E-state index contributed by atoms with van der Waals surface area (Å²) in [5.41, 5.74) is 6.18. The molecule has 2 aromatic carbocycles. The standard InChI is InChI=1S/C53H58ClN11O6S/c1-29(2)44(48(69)64-25-38(66)18-42(64)47(68)61-30(3)32-9-11-33(12-10-32)45-31(4)59-28-72-45)65-24-37(23-60-65)34-15-16-56-43(17-34)70-40-26-63(27-40)51-57-21-36(22-58-51)46(67)62-49-52(5,6)50(53(49,7)8)71-39-14-13-35(20-55)41(54)19-39/h9-17,19,21-24,28-30,38,40,42,44,49-50,66H,18,25-27H2,1-8H3,(H,61,68)(H,62,67)/t30?,38-,42+,44?,49?,50?/m1/s1. The fourth-order valence-corrected chi connectivity index (χ4v) is 11.7. The second-order valence-electron chi connectivity index (χ2n) is 20.5. The van der Waals surface area contributed by atoms with Gasteiger partial charge in [0.15, 0.2) is 0 Å². The first-order valence-corrected chi connectivity index (χ1v) is 25.3. The number of rotatable bonds is 15. The first kappa shape index (κ1) is 50.0. The number of halogens is 1. The molecule has 3 fully saturated rings. The Morgan fingerprint density at radius 2 is 1.62 bits per heavy atom. The van der Waals surface area contributed by atoms with E-state index in [1.165, 1.54) is 17.3 Å². The summed E-state index contributed by atoms with van der Waals surface area (Å²) in [4.78, 5) is 64.0. The molecule has 0 spiro atoms. The van der Waals surface area contributed by atoms with Crippen LogP contribution in [0.25, 0.3) is 21.6 Å². The smallest absolute Gasteiger partial charge is 0.254 e. The number of nitrogens with zero attached hydrogens (tertiary/aromatic N) is 9. The molecular weight excluding hydrogens is 954 g/mol. The topological polar surface area (TPSA) is 214 Å². The lowest BCUT2D eigenvalue weighted by Crippen LogP contribution is -2.74. The minimum absolute atomic E-state index is 0.0414. The molecule has 374 valence electrons. The number of aromatic nitrogens is 6. The maximum atomic E-state index is 14.4. The third-order valence-corrected chi connectivity index (χ3v) is 15.5. The predicted octanol–water partition coefficient (Wildman–Crippen LogP) is 7.61. The first-order valence-electron chi connectivity index (χ1n) is 24.0. The molecule has 17 nitrogen and oxygen atoms in total. The Hall–Kier alpha value is -6.94. The molecule has 6 heterocycles. The minimum Gasteiger partial charge on any atom is -0.489 e. The molecule has 0 radical (unpaired) electrons.